The molecule has 3 aromatic rings. The Bertz CT molecular complexity index is 1250. The number of carbonyl (C=O) groups is 1. The summed E-state index contributed by atoms with van der Waals surface area (Å²) in [5.74, 6) is 0.0970. The van der Waals surface area contributed by atoms with Crippen molar-refractivity contribution >= 4 is 5.97 Å². The fourth-order valence-corrected chi connectivity index (χ4v) is 4.59. The molecule has 5 N–H and O–H groups in total. The Morgan fingerprint density at radius 3 is 1.29 bits per heavy atom. The number of aliphatic carboxylic acids is 1. The van der Waals surface area contributed by atoms with Crippen molar-refractivity contribution in [1.29, 1.82) is 0 Å². The van der Waals surface area contributed by atoms with Gasteiger partial charge in [-0.15, -0.1) is 20.8 Å². The first-order valence-electron chi connectivity index (χ1n) is 14.9. The van der Waals surface area contributed by atoms with E-state index in [1.165, 1.54) is 0 Å². The molecule has 3 aromatic heterocycles. The van der Waals surface area contributed by atoms with E-state index in [2.05, 4.69) is 76.7 Å². The van der Waals surface area contributed by atoms with Crippen molar-refractivity contribution in [2.24, 2.45) is 34.3 Å². The number of rotatable bonds is 14. The van der Waals surface area contributed by atoms with Gasteiger partial charge in [-0.25, -0.2) is 5.69 Å². The minimum atomic E-state index is -0.809. The SMILES string of the molecule is CCC(CN)Cn1[c-]c(C)[c-]c1C.CCC(CN=[N+]=[N-])Cn1[c-]c(C)[c-]c1C.Cc1[c-]c(C)n(CC(CN)CC(=O)O)[c-]1.[W].[W].[W].[Y].[Y].[Y]. The van der Waals surface area contributed by atoms with E-state index in [4.69, 9.17) is 22.1 Å². The third-order valence-corrected chi connectivity index (χ3v) is 7.24. The van der Waals surface area contributed by atoms with Gasteiger partial charge in [-0.05, 0) is 56.0 Å². The predicted octanol–water partition coefficient (Wildman–Crippen LogP) is 5.47. The second-order valence-electron chi connectivity index (χ2n) is 11.1. The Morgan fingerprint density at radius 2 is 1.04 bits per heavy atom. The third kappa shape index (κ3) is 26.4. The number of nitrogens with two attached hydrogens (primary N) is 2. The summed E-state index contributed by atoms with van der Waals surface area (Å²) in [7, 11) is 0. The van der Waals surface area contributed by atoms with Crippen LogP contribution in [0.25, 0.3) is 10.4 Å². The summed E-state index contributed by atoms with van der Waals surface area (Å²) in [5, 5.41) is 12.3. The molecule has 0 aliphatic heterocycles. The fourth-order valence-electron chi connectivity index (χ4n) is 4.59. The van der Waals surface area contributed by atoms with Crippen LogP contribution in [0.1, 0.15) is 66.9 Å². The molecule has 16 heteroatoms. The first-order valence-corrected chi connectivity index (χ1v) is 14.9. The molecule has 0 amide bonds. The van der Waals surface area contributed by atoms with Gasteiger partial charge in [0.05, 0.1) is 6.42 Å². The molecule has 0 saturated heterocycles. The Morgan fingerprint density at radius 1 is 0.714 bits per heavy atom. The average molecular weight is 1410 g/mol. The van der Waals surface area contributed by atoms with E-state index in [0.717, 1.165) is 66.2 Å². The molecule has 0 spiro atoms. The maximum atomic E-state index is 10.6. The van der Waals surface area contributed by atoms with Crippen molar-refractivity contribution in [3.8, 4) is 0 Å². The predicted molar refractivity (Wildman–Crippen MR) is 170 cm³/mol. The van der Waals surface area contributed by atoms with Gasteiger partial charge < -0.3 is 82.7 Å². The van der Waals surface area contributed by atoms with Crippen LogP contribution in [0.2, 0.25) is 0 Å². The van der Waals surface area contributed by atoms with Crippen LogP contribution in [-0.2, 0) is 186 Å². The number of carboxylic acids is 1. The molecule has 3 rings (SSSR count). The largest absolute Gasteiger partial charge is 0.592 e. The molecule has 0 saturated carbocycles. The summed E-state index contributed by atoms with van der Waals surface area (Å²) in [4.78, 5) is 13.4. The van der Waals surface area contributed by atoms with E-state index in [1.807, 2.05) is 39.2 Å². The zero-order chi connectivity index (χ0) is 32.5. The van der Waals surface area contributed by atoms with Gasteiger partial charge in [-0.1, -0.05) is 52.6 Å². The van der Waals surface area contributed by atoms with E-state index in [0.29, 0.717) is 31.5 Å². The minimum absolute atomic E-state index is 0. The van der Waals surface area contributed by atoms with Gasteiger partial charge in [0.15, 0.2) is 0 Å². The summed E-state index contributed by atoms with van der Waals surface area (Å²) in [6.45, 7) is 20.3. The third-order valence-electron chi connectivity index (χ3n) is 7.24. The molecule has 0 bridgehead atoms. The first kappa shape index (κ1) is 62.9. The number of carboxylic acid groups (broad SMARTS) is 1. The van der Waals surface area contributed by atoms with Crippen molar-refractivity contribution in [1.82, 2.24) is 13.7 Å². The van der Waals surface area contributed by atoms with E-state index in [1.54, 1.807) is 0 Å². The van der Waals surface area contributed by atoms with Crippen molar-refractivity contribution in [2.45, 2.75) is 94.3 Å². The average Bonchev–Trinajstić information content (AvgIpc) is 3.57. The van der Waals surface area contributed by atoms with Crippen LogP contribution < -0.4 is 11.5 Å². The van der Waals surface area contributed by atoms with Crippen molar-refractivity contribution in [3.63, 3.8) is 0 Å². The molecule has 0 aliphatic rings. The van der Waals surface area contributed by atoms with E-state index in [9.17, 15) is 4.79 Å². The molecule has 10 nitrogen and oxygen atoms in total. The number of aromatic nitrogens is 3. The first-order chi connectivity index (χ1) is 20.4. The Balaban J connectivity index is -0.000000134. The number of azide groups is 1. The van der Waals surface area contributed by atoms with Gasteiger partial charge in [0.25, 0.3) is 0 Å². The molecule has 267 valence electrons. The summed E-state index contributed by atoms with van der Waals surface area (Å²) in [6, 6.07) is 9.53. The van der Waals surface area contributed by atoms with Gasteiger partial charge in [0.2, 0.25) is 0 Å². The Hall–Kier alpha value is 1.92. The molecular weight excluding hydrogens is 1360 g/mol. The summed E-state index contributed by atoms with van der Waals surface area (Å²) >= 11 is 0. The van der Waals surface area contributed by atoms with E-state index in [-0.39, 0.29) is 174 Å². The van der Waals surface area contributed by atoms with Crippen molar-refractivity contribution < 1.29 is 171 Å². The van der Waals surface area contributed by atoms with Crippen molar-refractivity contribution in [2.75, 3.05) is 19.6 Å². The minimum Gasteiger partial charge on any atom is -0.592 e. The van der Waals surface area contributed by atoms with Crippen LogP contribution in [0, 0.1) is 96.1 Å². The van der Waals surface area contributed by atoms with Crippen molar-refractivity contribution in [3.05, 3.63) is 81.0 Å². The summed E-state index contributed by atoms with van der Waals surface area (Å²) < 4.78 is 6.06. The van der Waals surface area contributed by atoms with E-state index >= 15 is 0 Å². The summed E-state index contributed by atoms with van der Waals surface area (Å²) in [5.41, 5.74) is 25.7. The second kappa shape index (κ2) is 35.6. The second-order valence-corrected chi connectivity index (χ2v) is 11.1. The van der Waals surface area contributed by atoms with E-state index < -0.39 is 5.97 Å². The zero-order valence-corrected chi connectivity index (χ0v) is 47.6. The number of hydrogen-bond donors (Lipinski definition) is 3. The molecule has 0 fully saturated rings. The quantitative estimate of drug-likeness (QED) is 0.0849. The van der Waals surface area contributed by atoms with Crippen LogP contribution >= 0.6 is 0 Å². The zero-order valence-electron chi connectivity index (χ0n) is 30.2. The molecule has 49 heavy (non-hydrogen) atoms. The normalized spacial score (nSPS) is 11.1. The maximum Gasteiger partial charge on any atom is 0.303 e. The standard InChI is InChI=1S/C11H16N4.C11H16N2O2.C11H18N2.3W.3Y/c1-4-11(6-13-14-12)8-15-7-9(2)5-10(15)3;1-8-3-9(2)13(6-8)7-10(5-12)4-11(14)15;1-4-11(6-12)8-13-7-9(2)5-10(13)3;;;;;;/h11H,4,6,8H2,1-3H3;10H,4-5,7,12H2,1-2H3,(H,14,15);11H,4,6,8,12H2,1-3H3;;;;;;/q3*-2;;;;;;. The van der Waals surface area contributed by atoms with Gasteiger partial charge >= 0.3 is 5.97 Å². The fraction of sp³-hybridized carbons (Fsp3) is 0.606. The number of nitrogens with zero attached hydrogens (tertiary/aromatic N) is 6. The van der Waals surface area contributed by atoms with Gasteiger partial charge in [-0.2, -0.15) is 0 Å². The Kier molecular flexibility index (Phi) is 45.7. The molecule has 3 radical (unpaired) electrons. The molecule has 3 unspecified atom stereocenters. The van der Waals surface area contributed by atoms with Crippen LogP contribution in [0.15, 0.2) is 5.11 Å². The molecule has 3 atom stereocenters. The van der Waals surface area contributed by atoms with Crippen LogP contribution in [0.3, 0.4) is 0 Å². The van der Waals surface area contributed by atoms with Gasteiger partial charge in [0, 0.05) is 173 Å². The van der Waals surface area contributed by atoms with Crippen LogP contribution in [0.5, 0.6) is 0 Å². The molecular formula is C33H50N8O2W3Y3-6. The van der Waals surface area contributed by atoms with Crippen LogP contribution in [-0.4, -0.2) is 44.4 Å². The topological polar surface area (TPSA) is 153 Å². The number of hydrogen-bond acceptors (Lipinski definition) is 4. The van der Waals surface area contributed by atoms with Gasteiger partial charge in [0.1, 0.15) is 0 Å². The summed E-state index contributed by atoms with van der Waals surface area (Å²) in [6.07, 6.45) is 11.8. The van der Waals surface area contributed by atoms with Crippen LogP contribution in [0.4, 0.5) is 0 Å². The molecule has 3 heterocycles. The van der Waals surface area contributed by atoms with Gasteiger partial charge in [-0.3, -0.25) is 17.2 Å². The molecule has 0 aliphatic carbocycles. The monoisotopic (exact) mass is 1410 g/mol. The Labute approximate surface area is 414 Å². The number of aryl methyl sites for hydroxylation is 6. The smallest absolute Gasteiger partial charge is 0.303 e. The molecule has 0 aromatic carbocycles. The maximum absolute atomic E-state index is 10.6.